The highest BCUT2D eigenvalue weighted by atomic mass is 16.3. The molecule has 0 fully saturated rings. The van der Waals surface area contributed by atoms with Crippen molar-refractivity contribution in [1.29, 1.82) is 0 Å². The number of amides is 1. The molecule has 7 aromatic rings. The predicted molar refractivity (Wildman–Crippen MR) is 226 cm³/mol. The molecule has 6 heteroatoms. The maximum atomic E-state index is 14.7. The summed E-state index contributed by atoms with van der Waals surface area (Å²) in [7, 11) is 2.04. The topological polar surface area (TPSA) is 78.1 Å². The summed E-state index contributed by atoms with van der Waals surface area (Å²) in [6.45, 7) is 0. The maximum Gasteiger partial charge on any atom is 0.278 e. The van der Waals surface area contributed by atoms with Crippen LogP contribution >= 0.6 is 0 Å². The lowest BCUT2D eigenvalue weighted by Gasteiger charge is -2.31. The zero-order chi connectivity index (χ0) is 37.0. The van der Waals surface area contributed by atoms with Crippen LogP contribution in [0.25, 0.3) is 50.7 Å². The Labute approximate surface area is 317 Å². The molecule has 1 N–H and O–H groups in total. The number of hydrogen-bond acceptors (Lipinski definition) is 5. The standard InChI is InChI=1S/C49H32N4O2/c1-53-42-24-12-8-20-36(42)45(37-21-9-13-25-43(37)53)49(55)52-41-29-27-31-15-3-5-17-33(31)47(41)46-32-16-4-2-14-30(32)26-28-40(46)51-48(54)44-34-18-6-10-22-38(34)50-39-23-11-7-19-35(39)44/h2-29,55H,1H3. The number of carbonyl (C=O) groups excluding carboxylic acids is 1. The number of rotatable bonds is 2. The van der Waals surface area contributed by atoms with Crippen LogP contribution in [0.15, 0.2) is 174 Å². The minimum atomic E-state index is -0.366. The van der Waals surface area contributed by atoms with Crippen molar-refractivity contribution in [1.82, 2.24) is 4.98 Å². The molecule has 0 bridgehead atoms. The number of aliphatic hydroxyl groups is 1. The fraction of sp³-hybridized carbons (Fsp3) is 0.0204. The van der Waals surface area contributed by atoms with Gasteiger partial charge in [0.05, 0.1) is 33.6 Å². The first-order valence-corrected chi connectivity index (χ1v) is 18.2. The van der Waals surface area contributed by atoms with Crippen LogP contribution in [-0.2, 0) is 0 Å². The normalized spacial score (nSPS) is 17.0. The Morgan fingerprint density at radius 1 is 0.527 bits per heavy atom. The number of fused-ring (bicyclic) bond motifs is 6. The van der Waals surface area contributed by atoms with Crippen LogP contribution in [0, 0.1) is 0 Å². The van der Waals surface area contributed by atoms with Gasteiger partial charge in [0, 0.05) is 51.5 Å². The van der Waals surface area contributed by atoms with Gasteiger partial charge >= 0.3 is 0 Å². The molecule has 6 nitrogen and oxygen atoms in total. The molecule has 0 saturated carbocycles. The number of allylic oxidation sites excluding steroid dienone is 4. The number of anilines is 2. The quantitative estimate of drug-likeness (QED) is 0.143. The van der Waals surface area contributed by atoms with E-state index in [0.717, 1.165) is 77.7 Å². The van der Waals surface area contributed by atoms with Crippen LogP contribution in [0.5, 0.6) is 0 Å². The molecule has 2 heterocycles. The van der Waals surface area contributed by atoms with Crippen molar-refractivity contribution < 1.29 is 9.90 Å². The Kier molecular flexibility index (Phi) is 7.56. The van der Waals surface area contributed by atoms with Gasteiger partial charge in [-0.05, 0) is 58.7 Å². The number of carbonyl (C=O) groups is 1. The van der Waals surface area contributed by atoms with Gasteiger partial charge in [-0.1, -0.05) is 133 Å². The van der Waals surface area contributed by atoms with E-state index in [1.165, 1.54) is 0 Å². The van der Waals surface area contributed by atoms with Crippen molar-refractivity contribution in [3.63, 3.8) is 0 Å². The summed E-state index contributed by atoms with van der Waals surface area (Å²) in [4.78, 5) is 31.7. The van der Waals surface area contributed by atoms with E-state index in [1.807, 2.05) is 141 Å². The van der Waals surface area contributed by atoms with Crippen molar-refractivity contribution in [3.05, 3.63) is 203 Å². The van der Waals surface area contributed by atoms with Crippen molar-refractivity contribution in [3.8, 4) is 0 Å². The van der Waals surface area contributed by atoms with Gasteiger partial charge in [0.2, 0.25) is 5.88 Å². The number of hydrogen-bond donors (Lipinski definition) is 1. The molecule has 2 aliphatic carbocycles. The van der Waals surface area contributed by atoms with E-state index in [1.54, 1.807) is 0 Å². The Morgan fingerprint density at radius 2 is 0.964 bits per heavy atom. The van der Waals surface area contributed by atoms with Gasteiger partial charge in [-0.15, -0.1) is 0 Å². The smallest absolute Gasteiger partial charge is 0.278 e. The van der Waals surface area contributed by atoms with Crippen LogP contribution in [0.4, 0.5) is 11.4 Å². The molecular weight excluding hydrogens is 677 g/mol. The summed E-state index contributed by atoms with van der Waals surface area (Å²) < 4.78 is 0. The fourth-order valence-electron chi connectivity index (χ4n) is 8.11. The van der Waals surface area contributed by atoms with Crippen LogP contribution in [0.1, 0.15) is 43.7 Å². The van der Waals surface area contributed by atoms with Gasteiger partial charge in [0.1, 0.15) is 0 Å². The Morgan fingerprint density at radius 3 is 1.51 bits per heavy atom. The average molecular weight is 709 g/mol. The third-order valence-electron chi connectivity index (χ3n) is 10.6. The molecule has 55 heavy (non-hydrogen) atoms. The van der Waals surface area contributed by atoms with Gasteiger partial charge < -0.3 is 10.0 Å². The summed E-state index contributed by atoms with van der Waals surface area (Å²) in [6.07, 6.45) is 7.88. The number of nitrogens with zero attached hydrogens (tertiary/aromatic N) is 4. The lowest BCUT2D eigenvalue weighted by atomic mass is 9.80. The first kappa shape index (κ1) is 32.2. The van der Waals surface area contributed by atoms with E-state index in [-0.39, 0.29) is 11.8 Å². The second-order valence-corrected chi connectivity index (χ2v) is 13.7. The van der Waals surface area contributed by atoms with Crippen LogP contribution < -0.4 is 4.90 Å². The average Bonchev–Trinajstić information content (AvgIpc) is 3.23. The second-order valence-electron chi connectivity index (χ2n) is 13.7. The number of aliphatic imine (C=N–C) groups is 2. The molecule has 3 aliphatic rings. The van der Waals surface area contributed by atoms with Crippen LogP contribution in [0.3, 0.4) is 0 Å². The van der Waals surface area contributed by atoms with Gasteiger partial charge in [-0.3, -0.25) is 4.79 Å². The van der Waals surface area contributed by atoms with Crippen LogP contribution in [-0.4, -0.2) is 34.5 Å². The summed E-state index contributed by atoms with van der Waals surface area (Å²) in [5.41, 5.74) is 12.7. The third kappa shape index (κ3) is 5.26. The first-order valence-electron chi connectivity index (χ1n) is 18.2. The molecule has 0 radical (unpaired) electrons. The van der Waals surface area contributed by atoms with Crippen molar-refractivity contribution in [2.24, 2.45) is 9.98 Å². The highest BCUT2D eigenvalue weighted by Crippen LogP contribution is 2.46. The molecule has 6 aromatic carbocycles. The monoisotopic (exact) mass is 708 g/mol. The van der Waals surface area contributed by atoms with E-state index in [9.17, 15) is 9.90 Å². The number of aromatic nitrogens is 1. The highest BCUT2D eigenvalue weighted by Gasteiger charge is 2.30. The molecule has 0 atom stereocenters. The number of para-hydroxylation sites is 4. The minimum Gasteiger partial charge on any atom is -0.493 e. The minimum absolute atomic E-state index is 0.103. The summed E-state index contributed by atoms with van der Waals surface area (Å²) in [5.74, 6) is -0.469. The zero-order valence-corrected chi connectivity index (χ0v) is 29.8. The number of aliphatic hydroxyl groups excluding tert-OH is 1. The predicted octanol–water partition coefficient (Wildman–Crippen LogP) is 11.1. The summed E-state index contributed by atoms with van der Waals surface area (Å²) in [6, 6.07) is 47.7. The van der Waals surface area contributed by atoms with E-state index < -0.39 is 0 Å². The summed E-state index contributed by atoms with van der Waals surface area (Å²) >= 11 is 0. The Balaban J connectivity index is 1.25. The lowest BCUT2D eigenvalue weighted by Crippen LogP contribution is -2.19. The molecule has 0 saturated heterocycles. The van der Waals surface area contributed by atoms with E-state index in [0.29, 0.717) is 22.6 Å². The van der Waals surface area contributed by atoms with Crippen molar-refractivity contribution in [2.75, 3.05) is 11.9 Å². The Hall–Kier alpha value is -7.44. The number of pyridine rings is 1. The molecule has 1 aromatic heterocycles. The van der Waals surface area contributed by atoms with Crippen LogP contribution in [0.2, 0.25) is 0 Å². The SMILES string of the molecule is CN1c2ccccc2C(=C(O)N=C2C=Cc3ccccc3C2=C2C(=NC(=O)c3c4ccccc4nc4ccccc34)C=Cc3ccccc32)c2ccccc21. The molecule has 0 spiro atoms. The molecule has 1 amide bonds. The van der Waals surface area contributed by atoms with Crippen molar-refractivity contribution in [2.45, 2.75) is 0 Å². The van der Waals surface area contributed by atoms with Gasteiger partial charge in [-0.25, -0.2) is 15.0 Å². The van der Waals surface area contributed by atoms with E-state index >= 15 is 0 Å². The van der Waals surface area contributed by atoms with Crippen molar-refractivity contribution >= 4 is 79.4 Å². The molecular formula is C49H32N4O2. The fourth-order valence-corrected chi connectivity index (χ4v) is 8.11. The van der Waals surface area contributed by atoms with E-state index in [4.69, 9.17) is 15.0 Å². The molecule has 10 rings (SSSR count). The van der Waals surface area contributed by atoms with Gasteiger partial charge in [0.25, 0.3) is 5.91 Å². The second kappa shape index (κ2) is 12.9. The highest BCUT2D eigenvalue weighted by molar-refractivity contribution is 6.50. The lowest BCUT2D eigenvalue weighted by molar-refractivity contribution is 0.101. The first-order chi connectivity index (χ1) is 27.0. The molecule has 260 valence electrons. The maximum absolute atomic E-state index is 14.7. The van der Waals surface area contributed by atoms with Gasteiger partial charge in [-0.2, -0.15) is 0 Å². The zero-order valence-electron chi connectivity index (χ0n) is 29.8. The van der Waals surface area contributed by atoms with E-state index in [2.05, 4.69) is 41.3 Å². The Bertz CT molecular complexity index is 2880. The third-order valence-corrected chi connectivity index (χ3v) is 10.6. The van der Waals surface area contributed by atoms with Gasteiger partial charge in [0.15, 0.2) is 0 Å². The summed E-state index contributed by atoms with van der Waals surface area (Å²) in [5, 5.41) is 13.7. The molecule has 0 unspecified atom stereocenters. The largest absolute Gasteiger partial charge is 0.493 e. The number of benzene rings is 6. The molecule has 1 aliphatic heterocycles.